The van der Waals surface area contributed by atoms with Crippen LogP contribution in [0.2, 0.25) is 0 Å². The van der Waals surface area contributed by atoms with Gasteiger partial charge in [0.2, 0.25) is 100 Å². The molecule has 4 heterocycles. The van der Waals surface area contributed by atoms with Crippen LogP contribution in [0.5, 0.6) is 5.75 Å². The lowest BCUT2D eigenvalue weighted by atomic mass is 10.0. The number of para-hydroxylation sites is 3. The van der Waals surface area contributed by atoms with Crippen LogP contribution in [-0.4, -0.2) is 299 Å². The summed E-state index contributed by atoms with van der Waals surface area (Å²) in [6.07, 6.45) is 5.81. The van der Waals surface area contributed by atoms with Crippen LogP contribution in [0, 0.1) is 5.92 Å². The number of thiol groups is 2. The number of phenolic OH excluding ortho intramolecular Hbond substituents is 1. The van der Waals surface area contributed by atoms with E-state index in [1.807, 2.05) is 18.2 Å². The van der Waals surface area contributed by atoms with Crippen molar-refractivity contribution < 1.29 is 107 Å². The lowest BCUT2D eigenvalue weighted by molar-refractivity contribution is -0.143. The van der Waals surface area contributed by atoms with Crippen LogP contribution >= 0.6 is 48.8 Å². The van der Waals surface area contributed by atoms with E-state index in [-0.39, 0.29) is 93.8 Å². The third kappa shape index (κ3) is 32.7. The lowest BCUT2D eigenvalue weighted by Gasteiger charge is -2.31. The summed E-state index contributed by atoms with van der Waals surface area (Å²) in [6.45, 7) is 0.0971. The van der Waals surface area contributed by atoms with Gasteiger partial charge in [0, 0.05) is 101 Å². The van der Waals surface area contributed by atoms with Gasteiger partial charge in [-0.1, -0.05) is 111 Å². The molecule has 47 heteroatoms. The predicted molar refractivity (Wildman–Crippen MR) is 531 cm³/mol. The normalized spacial score (nSPS) is 15.4. The fourth-order valence-electron chi connectivity index (χ4n) is 15.8. The summed E-state index contributed by atoms with van der Waals surface area (Å²) >= 11 is 11.1. The average Bonchev–Trinajstić information content (AvgIpc) is 1.68. The summed E-state index contributed by atoms with van der Waals surface area (Å²) in [6, 6.07) is 12.4. The van der Waals surface area contributed by atoms with Gasteiger partial charge < -0.3 is 132 Å². The Hall–Kier alpha value is -13.7. The molecule has 1 aliphatic rings. The molecule has 9 rings (SSSR count). The van der Waals surface area contributed by atoms with Crippen LogP contribution in [0.15, 0.2) is 146 Å². The molecule has 141 heavy (non-hydrogen) atoms. The summed E-state index contributed by atoms with van der Waals surface area (Å²) < 4.78 is 0. The van der Waals surface area contributed by atoms with E-state index in [0.717, 1.165) is 10.9 Å². The first-order chi connectivity index (χ1) is 67.4. The maximum atomic E-state index is 15.4. The van der Waals surface area contributed by atoms with Crippen molar-refractivity contribution in [3.05, 3.63) is 174 Å². The number of primary amides is 2. The molecule has 758 valence electrons. The summed E-state index contributed by atoms with van der Waals surface area (Å²) in [7, 11) is 0. The van der Waals surface area contributed by atoms with Crippen molar-refractivity contribution >= 4 is 188 Å². The number of amides is 17. The van der Waals surface area contributed by atoms with E-state index in [4.69, 9.17) is 17.2 Å². The average molecular weight is 2030 g/mol. The van der Waals surface area contributed by atoms with Crippen molar-refractivity contribution in [3.8, 4) is 5.75 Å². The minimum atomic E-state index is -1.86. The van der Waals surface area contributed by atoms with Crippen LogP contribution in [0.25, 0.3) is 32.7 Å². The zero-order chi connectivity index (χ0) is 103. The number of hydrogen-bond donors (Lipinski definition) is 26. The van der Waals surface area contributed by atoms with Gasteiger partial charge in [-0.2, -0.15) is 48.8 Å². The van der Waals surface area contributed by atoms with Crippen molar-refractivity contribution in [3.63, 3.8) is 0 Å². The zero-order valence-electron chi connectivity index (χ0n) is 77.8. The number of aliphatic carboxylic acids is 1. The quantitative estimate of drug-likeness (QED) is 0.0173. The van der Waals surface area contributed by atoms with Crippen molar-refractivity contribution in [1.82, 2.24) is 94.3 Å². The number of nitrogens with two attached hydrogens (primary N) is 3. The van der Waals surface area contributed by atoms with Gasteiger partial charge in [-0.15, -0.1) is 0 Å². The third-order valence-corrected chi connectivity index (χ3v) is 25.5. The van der Waals surface area contributed by atoms with E-state index in [1.165, 1.54) is 52.7 Å². The molecule has 27 N–H and O–H groups in total. The van der Waals surface area contributed by atoms with Crippen molar-refractivity contribution in [2.45, 2.75) is 182 Å². The lowest BCUT2D eigenvalue weighted by Crippen LogP contribution is -2.61. The number of nitrogens with one attached hydrogen (secondary N) is 17. The van der Waals surface area contributed by atoms with Gasteiger partial charge in [0.1, 0.15) is 90.3 Å². The monoisotopic (exact) mass is 2020 g/mol. The maximum absolute atomic E-state index is 15.4. The SMILES string of the molecule is CSCC[C@H](NC(=O)[C@H](CC(N)=O)NC(=O)[C@H](CS)NC(=O)[C@H](CO)NC(=O)[C@H](CCC(N)=O)NC(=O)[C@@H](N)Cc1c[nH]c2ccccc12)C(=O)NCC(=O)N[C@@H](Cc1c[nH]c2ccccc12)C(=O)N[C@@H](CCSC)C(=O)N[C@@H](CO)C(=O)N[C@@H](Cc1c[nH]c2ccccc12)C(=O)N1CCC[C@H]1C(=O)N[C@@H](CS)C(=O)N[C@@H](Cc1ccc(O)cc1)C(=O)N[C@@H](Cc1ccccc1)C(=O)N[C@H](C(=O)O)C(C)C. The number of aromatic amines is 3. The Labute approximate surface area is 830 Å². The Morgan fingerprint density at radius 3 is 1.28 bits per heavy atom. The topological polar surface area (TPSA) is 685 Å². The van der Waals surface area contributed by atoms with Crippen molar-refractivity contribution in [2.75, 3.05) is 61.8 Å². The number of rotatable bonds is 56. The van der Waals surface area contributed by atoms with Gasteiger partial charge in [0.25, 0.3) is 0 Å². The summed E-state index contributed by atoms with van der Waals surface area (Å²) in [4.78, 5) is 263. The fourth-order valence-corrected chi connectivity index (χ4v) is 17.2. The number of thioether (sulfide) groups is 2. The van der Waals surface area contributed by atoms with Crippen LogP contribution in [0.4, 0.5) is 0 Å². The molecule has 17 amide bonds. The number of aromatic hydroxyl groups is 1. The molecule has 15 atom stereocenters. The highest BCUT2D eigenvalue weighted by molar-refractivity contribution is 7.98. The minimum absolute atomic E-state index is 0.0181. The summed E-state index contributed by atoms with van der Waals surface area (Å²) in [5.74, 6) is -19.2. The number of carbonyl (C=O) groups is 18. The Morgan fingerprint density at radius 1 is 0.426 bits per heavy atom. The first kappa shape index (κ1) is 111. The molecular formula is C94H121N21O22S4. The van der Waals surface area contributed by atoms with Crippen LogP contribution in [-0.2, 0) is 118 Å². The van der Waals surface area contributed by atoms with E-state index in [0.29, 0.717) is 49.6 Å². The van der Waals surface area contributed by atoms with Gasteiger partial charge in [-0.25, -0.2) is 4.79 Å². The summed E-state index contributed by atoms with van der Waals surface area (Å²) in [5.41, 5.74) is 22.0. The third-order valence-electron chi connectivity index (χ3n) is 23.4. The van der Waals surface area contributed by atoms with Crippen molar-refractivity contribution in [2.24, 2.45) is 23.1 Å². The number of nitrogens with zero attached hydrogens (tertiary/aromatic N) is 1. The Kier molecular flexibility index (Phi) is 43.0. The highest BCUT2D eigenvalue weighted by atomic mass is 32.2. The molecule has 0 radical (unpaired) electrons. The molecule has 43 nitrogen and oxygen atoms in total. The Balaban J connectivity index is 0.855. The molecule has 8 aromatic rings. The molecular weight excluding hydrogens is 1900 g/mol. The molecule has 0 unspecified atom stereocenters. The Bertz CT molecular complexity index is 5750. The van der Waals surface area contributed by atoms with Crippen molar-refractivity contribution in [1.29, 1.82) is 0 Å². The van der Waals surface area contributed by atoms with E-state index in [9.17, 15) is 102 Å². The number of phenols is 1. The second-order valence-electron chi connectivity index (χ2n) is 34.1. The first-order valence-electron chi connectivity index (χ1n) is 45.4. The largest absolute Gasteiger partial charge is 0.508 e. The van der Waals surface area contributed by atoms with Gasteiger partial charge in [-0.05, 0) is 127 Å². The summed E-state index contributed by atoms with van der Waals surface area (Å²) in [5, 5.41) is 78.9. The molecule has 3 aromatic heterocycles. The fraction of sp³-hybridized carbons (Fsp3) is 0.426. The number of benzene rings is 5. The van der Waals surface area contributed by atoms with E-state index < -0.39 is 241 Å². The number of carboxylic acids is 1. The Morgan fingerprint density at radius 2 is 0.809 bits per heavy atom. The van der Waals surface area contributed by atoms with Gasteiger partial charge >= 0.3 is 5.97 Å². The molecule has 0 spiro atoms. The number of H-pyrrole nitrogens is 3. The molecule has 0 saturated carbocycles. The molecule has 1 aliphatic heterocycles. The molecule has 1 saturated heterocycles. The smallest absolute Gasteiger partial charge is 0.326 e. The molecule has 5 aromatic carbocycles. The number of aromatic nitrogens is 3. The van der Waals surface area contributed by atoms with Crippen LogP contribution < -0.4 is 91.6 Å². The van der Waals surface area contributed by atoms with Crippen LogP contribution in [0.3, 0.4) is 0 Å². The van der Waals surface area contributed by atoms with E-state index >= 15 is 4.79 Å². The highest BCUT2D eigenvalue weighted by Gasteiger charge is 2.43. The van der Waals surface area contributed by atoms with E-state index in [2.05, 4.69) is 115 Å². The second kappa shape index (κ2) is 54.7. The van der Waals surface area contributed by atoms with E-state index in [1.54, 1.807) is 130 Å². The van der Waals surface area contributed by atoms with Gasteiger partial charge in [0.05, 0.1) is 32.2 Å². The number of carbonyl (C=O) groups excluding carboxylic acids is 17. The molecule has 1 fully saturated rings. The first-order valence-corrected chi connectivity index (χ1v) is 49.5. The number of carboxylic acid groups (broad SMARTS) is 1. The van der Waals surface area contributed by atoms with Gasteiger partial charge in [0.15, 0.2) is 0 Å². The maximum Gasteiger partial charge on any atom is 0.326 e. The number of hydrogen-bond acceptors (Lipinski definition) is 26. The van der Waals surface area contributed by atoms with Gasteiger partial charge in [-0.3, -0.25) is 81.5 Å². The second-order valence-corrected chi connectivity index (χ2v) is 36.8. The standard InChI is InChI=1S/C94H121N21O22S4/c1-49(2)79(94(136)137)114-87(129)67(35-50-15-6-5-7-16-50)106-84(126)66(36-51-24-26-55(118)27-25-51)107-91(133)74(48-139)113-92(134)75-23-14-32-115(75)93(135)70(39-54-43-100-62-22-13-10-19-58(54)62)109-88(130)71(45-116)111-83(125)65(31-34-141-4)105-85(127)68(38-53-42-99-61-21-12-9-18-57(53)61)102-78(121)44-101-81(123)64(30-33-140-3)104-86(128)69(40-77(97)120)108-90(132)73(47-138)112-89(131)72(46-117)110-82(124)63(28-29-76(96)119)103-80(122)59(95)37-52-41-98-60-20-11-8-17-56(52)60/h5-13,15-22,24-27,41-43,49,59,63-75,79,98-100,116-118,138-139H,14,23,28-40,44-48,95H2,1-4H3,(H2,96,119)(H2,97,120)(H,101,123)(H,102,121)(H,103,122)(H,104,128)(H,105,127)(H,106,126)(H,107,133)(H,108,132)(H,109,130)(H,110,124)(H,111,125)(H,112,131)(H,113,134)(H,114,129)(H,136,137)/t59-,63-,64-,65-,66-,67-,68-,69-,70-,71-,72-,73-,74-,75-,79-/m0/s1. The number of likely N-dealkylation sites (tertiary alicyclic amines) is 1. The highest BCUT2D eigenvalue weighted by Crippen LogP contribution is 2.27. The number of aliphatic hydroxyl groups excluding tert-OH is 2. The predicted octanol–water partition coefficient (Wildman–Crippen LogP) is -2.68. The zero-order valence-corrected chi connectivity index (χ0v) is 81.2. The number of aliphatic hydroxyl groups is 2. The van der Waals surface area contributed by atoms with Crippen LogP contribution in [0.1, 0.15) is 86.6 Å². The number of fused-ring (bicyclic) bond motifs is 3. The molecule has 0 aliphatic carbocycles. The minimum Gasteiger partial charge on any atom is -0.508 e. The molecule has 0 bridgehead atoms.